The highest BCUT2D eigenvalue weighted by Gasteiger charge is 2.30. The fourth-order valence-corrected chi connectivity index (χ4v) is 3.17. The molecule has 2 rings (SSSR count). The van der Waals surface area contributed by atoms with E-state index in [0.29, 0.717) is 25.3 Å². The first kappa shape index (κ1) is 15.2. The van der Waals surface area contributed by atoms with Crippen LogP contribution in [0.15, 0.2) is 0 Å². The number of aliphatic hydroxyl groups is 1. The van der Waals surface area contributed by atoms with Gasteiger partial charge in [0, 0.05) is 31.8 Å². The number of hydrogen-bond acceptors (Lipinski definition) is 5. The molecule has 2 unspecified atom stereocenters. The smallest absolute Gasteiger partial charge is 0.0900 e. The van der Waals surface area contributed by atoms with Gasteiger partial charge in [-0.25, -0.2) is 0 Å². The van der Waals surface area contributed by atoms with Crippen LogP contribution in [-0.4, -0.2) is 79.0 Å². The molecular weight excluding hydrogens is 242 g/mol. The molecule has 2 fully saturated rings. The van der Waals surface area contributed by atoms with Gasteiger partial charge in [-0.3, -0.25) is 9.80 Å². The predicted octanol–water partition coefficient (Wildman–Crippen LogP) is -0.119. The van der Waals surface area contributed by atoms with E-state index < -0.39 is 0 Å². The lowest BCUT2D eigenvalue weighted by molar-refractivity contribution is 0.0236. The standard InChI is InChI=1S/C14H29N3O2/c1-2-19-11-14(18)10-16-6-5-13(9-16)17-7-3-12(15)4-8-17/h12-14,18H,2-11,15H2,1H3. The summed E-state index contributed by atoms with van der Waals surface area (Å²) in [7, 11) is 0. The Balaban J connectivity index is 1.68. The Kier molecular flexibility index (Phi) is 6.04. The normalized spacial score (nSPS) is 28.9. The summed E-state index contributed by atoms with van der Waals surface area (Å²) in [4.78, 5) is 4.95. The van der Waals surface area contributed by atoms with Gasteiger partial charge < -0.3 is 15.6 Å². The molecule has 0 amide bonds. The van der Waals surface area contributed by atoms with Gasteiger partial charge in [0.25, 0.3) is 0 Å². The number of hydrogen-bond donors (Lipinski definition) is 2. The summed E-state index contributed by atoms with van der Waals surface area (Å²) in [5, 5.41) is 9.88. The highest BCUT2D eigenvalue weighted by molar-refractivity contribution is 4.87. The number of ether oxygens (including phenoxy) is 1. The number of likely N-dealkylation sites (tertiary alicyclic amines) is 2. The summed E-state index contributed by atoms with van der Waals surface area (Å²) in [6.07, 6.45) is 3.12. The highest BCUT2D eigenvalue weighted by Crippen LogP contribution is 2.20. The summed E-state index contributed by atoms with van der Waals surface area (Å²) >= 11 is 0. The Morgan fingerprint density at radius 1 is 1.26 bits per heavy atom. The van der Waals surface area contributed by atoms with Crippen LogP contribution in [0.25, 0.3) is 0 Å². The molecule has 5 heteroatoms. The van der Waals surface area contributed by atoms with Crippen molar-refractivity contribution in [3.8, 4) is 0 Å². The van der Waals surface area contributed by atoms with Crippen molar-refractivity contribution in [3.63, 3.8) is 0 Å². The van der Waals surface area contributed by atoms with Crippen LogP contribution < -0.4 is 5.73 Å². The monoisotopic (exact) mass is 271 g/mol. The van der Waals surface area contributed by atoms with Crippen LogP contribution in [0.5, 0.6) is 0 Å². The van der Waals surface area contributed by atoms with Gasteiger partial charge in [0.2, 0.25) is 0 Å². The van der Waals surface area contributed by atoms with Crippen LogP contribution in [0.1, 0.15) is 26.2 Å². The van der Waals surface area contributed by atoms with Crippen LogP contribution in [0.2, 0.25) is 0 Å². The minimum atomic E-state index is -0.353. The van der Waals surface area contributed by atoms with E-state index in [-0.39, 0.29) is 6.10 Å². The van der Waals surface area contributed by atoms with Crippen molar-refractivity contribution in [1.82, 2.24) is 9.80 Å². The van der Waals surface area contributed by atoms with Gasteiger partial charge in [-0.2, -0.15) is 0 Å². The predicted molar refractivity (Wildman–Crippen MR) is 76.1 cm³/mol. The first-order valence-corrected chi connectivity index (χ1v) is 7.66. The third-order valence-corrected chi connectivity index (χ3v) is 4.32. The maximum atomic E-state index is 9.88. The molecule has 3 N–H and O–H groups in total. The Bertz CT molecular complexity index is 257. The number of rotatable bonds is 6. The third-order valence-electron chi connectivity index (χ3n) is 4.32. The van der Waals surface area contributed by atoms with Crippen molar-refractivity contribution < 1.29 is 9.84 Å². The zero-order valence-electron chi connectivity index (χ0n) is 12.1. The maximum absolute atomic E-state index is 9.88. The summed E-state index contributed by atoms with van der Waals surface area (Å²) in [6, 6.07) is 1.06. The Morgan fingerprint density at radius 2 is 2.00 bits per heavy atom. The minimum absolute atomic E-state index is 0.353. The van der Waals surface area contributed by atoms with Crippen LogP contribution >= 0.6 is 0 Å². The molecule has 0 bridgehead atoms. The summed E-state index contributed by atoms with van der Waals surface area (Å²) < 4.78 is 5.26. The zero-order chi connectivity index (χ0) is 13.7. The third kappa shape index (κ3) is 4.68. The van der Waals surface area contributed by atoms with Crippen molar-refractivity contribution in [3.05, 3.63) is 0 Å². The molecule has 0 radical (unpaired) electrons. The largest absolute Gasteiger partial charge is 0.389 e. The molecule has 0 saturated carbocycles. The molecule has 0 aliphatic carbocycles. The molecule has 5 nitrogen and oxygen atoms in total. The van der Waals surface area contributed by atoms with Gasteiger partial charge >= 0.3 is 0 Å². The molecule has 0 aromatic heterocycles. The van der Waals surface area contributed by atoms with E-state index in [1.165, 1.54) is 6.42 Å². The number of nitrogens with two attached hydrogens (primary N) is 1. The fraction of sp³-hybridized carbons (Fsp3) is 1.00. The van der Waals surface area contributed by atoms with E-state index in [4.69, 9.17) is 10.5 Å². The average molecular weight is 271 g/mol. The number of aliphatic hydroxyl groups excluding tert-OH is 1. The van der Waals surface area contributed by atoms with Crippen LogP contribution in [0.4, 0.5) is 0 Å². The van der Waals surface area contributed by atoms with Gasteiger partial charge in [0.15, 0.2) is 0 Å². The van der Waals surface area contributed by atoms with Crippen molar-refractivity contribution in [1.29, 1.82) is 0 Å². The minimum Gasteiger partial charge on any atom is -0.389 e. The second-order valence-electron chi connectivity index (χ2n) is 5.89. The average Bonchev–Trinajstić information content (AvgIpc) is 2.85. The Hall–Kier alpha value is -0.200. The van der Waals surface area contributed by atoms with Crippen LogP contribution in [-0.2, 0) is 4.74 Å². The lowest BCUT2D eigenvalue weighted by Gasteiger charge is -2.34. The molecule has 112 valence electrons. The zero-order valence-corrected chi connectivity index (χ0v) is 12.1. The Labute approximate surface area is 116 Å². The molecule has 2 aliphatic heterocycles. The molecule has 19 heavy (non-hydrogen) atoms. The van der Waals surface area contributed by atoms with E-state index in [9.17, 15) is 5.11 Å². The molecule has 0 spiro atoms. The van der Waals surface area contributed by atoms with Gasteiger partial charge in [-0.1, -0.05) is 0 Å². The van der Waals surface area contributed by atoms with Crippen molar-refractivity contribution >= 4 is 0 Å². The highest BCUT2D eigenvalue weighted by atomic mass is 16.5. The van der Waals surface area contributed by atoms with E-state index >= 15 is 0 Å². The summed E-state index contributed by atoms with van der Waals surface area (Å²) in [5.41, 5.74) is 5.95. The fourth-order valence-electron chi connectivity index (χ4n) is 3.17. The number of nitrogens with zero attached hydrogens (tertiary/aromatic N) is 2. The van der Waals surface area contributed by atoms with Crippen molar-refractivity contribution in [2.45, 2.75) is 44.4 Å². The number of β-amino-alcohol motifs (C(OH)–C–C–N with tert-alkyl or cyclic N) is 1. The second-order valence-corrected chi connectivity index (χ2v) is 5.89. The summed E-state index contributed by atoms with van der Waals surface area (Å²) in [6.45, 7) is 8.28. The SMILES string of the molecule is CCOCC(O)CN1CCC(N2CCC(N)CC2)C1. The van der Waals surface area contributed by atoms with Gasteiger partial charge in [0.1, 0.15) is 0 Å². The topological polar surface area (TPSA) is 62.0 Å². The molecule has 0 aromatic carbocycles. The van der Waals surface area contributed by atoms with Crippen molar-refractivity contribution in [2.24, 2.45) is 5.73 Å². The van der Waals surface area contributed by atoms with Crippen molar-refractivity contribution in [2.75, 3.05) is 45.9 Å². The Morgan fingerprint density at radius 3 is 2.68 bits per heavy atom. The van der Waals surface area contributed by atoms with E-state index in [1.54, 1.807) is 0 Å². The van der Waals surface area contributed by atoms with Crippen LogP contribution in [0.3, 0.4) is 0 Å². The maximum Gasteiger partial charge on any atom is 0.0900 e. The van der Waals surface area contributed by atoms with E-state index in [0.717, 1.165) is 45.6 Å². The van der Waals surface area contributed by atoms with Gasteiger partial charge in [-0.15, -0.1) is 0 Å². The first-order valence-electron chi connectivity index (χ1n) is 7.66. The molecule has 2 saturated heterocycles. The summed E-state index contributed by atoms with van der Waals surface area (Å²) in [5.74, 6) is 0. The molecule has 2 aliphatic rings. The van der Waals surface area contributed by atoms with Gasteiger partial charge in [0.05, 0.1) is 12.7 Å². The lowest BCUT2D eigenvalue weighted by Crippen LogP contribution is -2.46. The first-order chi connectivity index (χ1) is 9.19. The lowest BCUT2D eigenvalue weighted by atomic mass is 10.0. The molecule has 2 heterocycles. The van der Waals surface area contributed by atoms with Crippen LogP contribution in [0, 0.1) is 0 Å². The molecule has 2 atom stereocenters. The molecular formula is C14H29N3O2. The van der Waals surface area contributed by atoms with E-state index in [1.807, 2.05) is 6.92 Å². The number of piperidine rings is 1. The quantitative estimate of drug-likeness (QED) is 0.705. The van der Waals surface area contributed by atoms with E-state index in [2.05, 4.69) is 9.80 Å². The molecule has 0 aromatic rings. The van der Waals surface area contributed by atoms with Gasteiger partial charge in [-0.05, 0) is 45.8 Å². The second kappa shape index (κ2) is 7.55.